The Balaban J connectivity index is 1.55. The zero-order valence-electron chi connectivity index (χ0n) is 14.4. The van der Waals surface area contributed by atoms with Crippen LogP contribution in [0.15, 0.2) is 54.7 Å². The van der Waals surface area contributed by atoms with Gasteiger partial charge in [-0.3, -0.25) is 0 Å². The first-order chi connectivity index (χ1) is 12.7. The van der Waals surface area contributed by atoms with E-state index in [4.69, 9.17) is 9.47 Å². The highest BCUT2D eigenvalue weighted by atomic mass is 19.1. The molecule has 26 heavy (non-hydrogen) atoms. The predicted molar refractivity (Wildman–Crippen MR) is 94.6 cm³/mol. The molecule has 4 rings (SSSR count). The van der Waals surface area contributed by atoms with Crippen LogP contribution >= 0.6 is 0 Å². The Morgan fingerprint density at radius 1 is 1.19 bits per heavy atom. The molecule has 1 aromatic heterocycles. The van der Waals surface area contributed by atoms with Crippen molar-refractivity contribution in [3.63, 3.8) is 0 Å². The number of para-hydroxylation sites is 2. The number of benzene rings is 2. The number of aromatic nitrogens is 3. The van der Waals surface area contributed by atoms with E-state index in [9.17, 15) is 4.39 Å². The first kappa shape index (κ1) is 16.5. The van der Waals surface area contributed by atoms with Gasteiger partial charge in [0.15, 0.2) is 6.23 Å². The Hall–Kier alpha value is -2.93. The molecule has 0 bridgehead atoms. The van der Waals surface area contributed by atoms with Crippen molar-refractivity contribution >= 4 is 5.69 Å². The molecule has 2 heterocycles. The number of anilines is 1. The molecule has 0 unspecified atom stereocenters. The molecule has 7 heteroatoms. The Kier molecular flexibility index (Phi) is 4.53. The second kappa shape index (κ2) is 7.13. The van der Waals surface area contributed by atoms with Crippen LogP contribution < -0.4 is 9.64 Å². The summed E-state index contributed by atoms with van der Waals surface area (Å²) in [7, 11) is 1.66. The van der Waals surface area contributed by atoms with Crippen molar-refractivity contribution in [3.8, 4) is 5.75 Å². The van der Waals surface area contributed by atoms with E-state index in [2.05, 4.69) is 15.2 Å². The molecule has 0 spiro atoms. The van der Waals surface area contributed by atoms with Gasteiger partial charge in [-0.2, -0.15) is 0 Å². The second-order valence-electron chi connectivity index (χ2n) is 6.06. The molecule has 0 amide bonds. The fourth-order valence-corrected chi connectivity index (χ4v) is 3.11. The van der Waals surface area contributed by atoms with Gasteiger partial charge in [0.1, 0.15) is 17.3 Å². The van der Waals surface area contributed by atoms with Gasteiger partial charge in [0.05, 0.1) is 32.1 Å². The third-order valence-corrected chi connectivity index (χ3v) is 4.35. The standard InChI is InChI=1S/C19H19FN4O2/c1-25-18-5-3-2-4-17(18)24-10-11-26-19(24)16-13-23(22-21-16)12-14-6-8-15(20)9-7-14/h2-9,13,19H,10-12H2,1H3/t19-/m1/s1. The zero-order chi connectivity index (χ0) is 17.9. The summed E-state index contributed by atoms with van der Waals surface area (Å²) >= 11 is 0. The second-order valence-corrected chi connectivity index (χ2v) is 6.06. The van der Waals surface area contributed by atoms with Crippen LogP contribution in [0.5, 0.6) is 5.75 Å². The van der Waals surface area contributed by atoms with Crippen molar-refractivity contribution in [2.45, 2.75) is 12.8 Å². The summed E-state index contributed by atoms with van der Waals surface area (Å²) in [6, 6.07) is 14.2. The molecule has 1 aliphatic rings. The van der Waals surface area contributed by atoms with Crippen molar-refractivity contribution in [1.82, 2.24) is 15.0 Å². The van der Waals surface area contributed by atoms with Crippen molar-refractivity contribution in [3.05, 3.63) is 71.8 Å². The molecule has 0 radical (unpaired) electrons. The van der Waals surface area contributed by atoms with Gasteiger partial charge in [0.25, 0.3) is 0 Å². The topological polar surface area (TPSA) is 52.4 Å². The Bertz CT molecular complexity index is 881. The summed E-state index contributed by atoms with van der Waals surface area (Å²) in [5, 5.41) is 8.46. The minimum Gasteiger partial charge on any atom is -0.495 e. The number of halogens is 1. The smallest absolute Gasteiger partial charge is 0.177 e. The van der Waals surface area contributed by atoms with E-state index in [1.54, 1.807) is 23.9 Å². The highest BCUT2D eigenvalue weighted by Crippen LogP contribution is 2.36. The number of ether oxygens (including phenoxy) is 2. The molecular weight excluding hydrogens is 335 g/mol. The molecule has 0 saturated carbocycles. The van der Waals surface area contributed by atoms with Gasteiger partial charge in [-0.25, -0.2) is 9.07 Å². The summed E-state index contributed by atoms with van der Waals surface area (Å²) < 4.78 is 26.1. The summed E-state index contributed by atoms with van der Waals surface area (Å²) in [6.07, 6.45) is 1.55. The highest BCUT2D eigenvalue weighted by Gasteiger charge is 2.31. The van der Waals surface area contributed by atoms with Crippen LogP contribution in [0.2, 0.25) is 0 Å². The number of methoxy groups -OCH3 is 1. The normalized spacial score (nSPS) is 16.8. The molecular formula is C19H19FN4O2. The lowest BCUT2D eigenvalue weighted by Crippen LogP contribution is -2.24. The Morgan fingerprint density at radius 2 is 2.00 bits per heavy atom. The third-order valence-electron chi connectivity index (χ3n) is 4.35. The Labute approximate surface area is 150 Å². The number of rotatable bonds is 5. The summed E-state index contributed by atoms with van der Waals surface area (Å²) in [4.78, 5) is 2.12. The monoisotopic (exact) mass is 354 g/mol. The van der Waals surface area contributed by atoms with Crippen molar-refractivity contribution in [1.29, 1.82) is 0 Å². The van der Waals surface area contributed by atoms with E-state index in [1.165, 1.54) is 12.1 Å². The van der Waals surface area contributed by atoms with E-state index in [-0.39, 0.29) is 12.0 Å². The van der Waals surface area contributed by atoms with Crippen molar-refractivity contribution in [2.24, 2.45) is 0 Å². The number of nitrogens with zero attached hydrogens (tertiary/aromatic N) is 4. The number of hydrogen-bond acceptors (Lipinski definition) is 5. The van der Waals surface area contributed by atoms with Gasteiger partial charge in [-0.05, 0) is 29.8 Å². The van der Waals surface area contributed by atoms with E-state index in [0.717, 1.165) is 29.2 Å². The SMILES string of the molecule is COc1ccccc1N1CCO[C@@H]1c1cn(Cc2ccc(F)cc2)nn1. The zero-order valence-corrected chi connectivity index (χ0v) is 14.4. The maximum atomic E-state index is 13.0. The van der Waals surface area contributed by atoms with Gasteiger partial charge < -0.3 is 14.4 Å². The van der Waals surface area contributed by atoms with Crippen LogP contribution in [-0.2, 0) is 11.3 Å². The minimum atomic E-state index is -0.312. The van der Waals surface area contributed by atoms with Crippen LogP contribution in [0.25, 0.3) is 0 Å². The van der Waals surface area contributed by atoms with E-state index >= 15 is 0 Å². The van der Waals surface area contributed by atoms with E-state index < -0.39 is 0 Å². The van der Waals surface area contributed by atoms with Gasteiger partial charge in [-0.15, -0.1) is 5.10 Å². The van der Waals surface area contributed by atoms with Crippen molar-refractivity contribution in [2.75, 3.05) is 25.2 Å². The van der Waals surface area contributed by atoms with E-state index in [1.807, 2.05) is 30.5 Å². The molecule has 0 aliphatic carbocycles. The fourth-order valence-electron chi connectivity index (χ4n) is 3.11. The molecule has 6 nitrogen and oxygen atoms in total. The molecule has 0 N–H and O–H groups in total. The molecule has 1 saturated heterocycles. The summed E-state index contributed by atoms with van der Waals surface area (Å²) in [5.74, 6) is 0.543. The van der Waals surface area contributed by atoms with Crippen LogP contribution in [0.1, 0.15) is 17.5 Å². The molecule has 1 aliphatic heterocycles. The maximum absolute atomic E-state index is 13.0. The molecule has 1 fully saturated rings. The van der Waals surface area contributed by atoms with Gasteiger partial charge in [0.2, 0.25) is 0 Å². The average molecular weight is 354 g/mol. The lowest BCUT2D eigenvalue weighted by Gasteiger charge is -2.25. The summed E-state index contributed by atoms with van der Waals surface area (Å²) in [5.41, 5.74) is 2.65. The minimum absolute atomic E-state index is 0.250. The average Bonchev–Trinajstić information content (AvgIpc) is 3.32. The van der Waals surface area contributed by atoms with Crippen LogP contribution in [0.4, 0.5) is 10.1 Å². The quantitative estimate of drug-likeness (QED) is 0.705. The van der Waals surface area contributed by atoms with Crippen LogP contribution in [-0.4, -0.2) is 35.3 Å². The molecule has 2 aromatic carbocycles. The van der Waals surface area contributed by atoms with Crippen LogP contribution in [0, 0.1) is 5.82 Å². The molecule has 134 valence electrons. The largest absolute Gasteiger partial charge is 0.495 e. The molecule has 1 atom stereocenters. The van der Waals surface area contributed by atoms with E-state index in [0.29, 0.717) is 13.2 Å². The third kappa shape index (κ3) is 3.25. The first-order valence-electron chi connectivity index (χ1n) is 8.40. The predicted octanol–water partition coefficient (Wildman–Crippen LogP) is 3.01. The van der Waals surface area contributed by atoms with Gasteiger partial charge in [0, 0.05) is 6.54 Å². The summed E-state index contributed by atoms with van der Waals surface area (Å²) in [6.45, 7) is 1.87. The Morgan fingerprint density at radius 3 is 2.81 bits per heavy atom. The van der Waals surface area contributed by atoms with Gasteiger partial charge >= 0.3 is 0 Å². The van der Waals surface area contributed by atoms with Crippen molar-refractivity contribution < 1.29 is 13.9 Å². The lowest BCUT2D eigenvalue weighted by molar-refractivity contribution is 0.110. The van der Waals surface area contributed by atoms with Gasteiger partial charge in [-0.1, -0.05) is 29.5 Å². The fraction of sp³-hybridized carbons (Fsp3) is 0.263. The lowest BCUT2D eigenvalue weighted by atomic mass is 10.2. The highest BCUT2D eigenvalue weighted by molar-refractivity contribution is 5.59. The first-order valence-corrected chi connectivity index (χ1v) is 8.40. The van der Waals surface area contributed by atoms with Crippen LogP contribution in [0.3, 0.4) is 0 Å². The number of hydrogen-bond donors (Lipinski definition) is 0. The maximum Gasteiger partial charge on any atom is 0.177 e. The molecule has 3 aromatic rings.